The predicted molar refractivity (Wildman–Crippen MR) is 73.4 cm³/mol. The molecule has 0 radical (unpaired) electrons. The summed E-state index contributed by atoms with van der Waals surface area (Å²) in [7, 11) is 1.56. The van der Waals surface area contributed by atoms with Crippen molar-refractivity contribution in [2.75, 3.05) is 13.7 Å². The highest BCUT2D eigenvalue weighted by molar-refractivity contribution is 5.97. The van der Waals surface area contributed by atoms with Crippen LogP contribution in [0.1, 0.15) is 17.3 Å². The fourth-order valence-electron chi connectivity index (χ4n) is 1.93. The molecule has 2 N–H and O–H groups in total. The lowest BCUT2D eigenvalue weighted by Crippen LogP contribution is -2.38. The molecular weight excluding hydrogens is 244 g/mol. The minimum atomic E-state index is -0.392. The molecule has 1 aromatic carbocycles. The molecular formula is C14H16N2O3. The highest BCUT2D eigenvalue weighted by Gasteiger charge is 2.14. The lowest BCUT2D eigenvalue weighted by atomic mass is 10.1. The summed E-state index contributed by atoms with van der Waals surface area (Å²) in [4.78, 5) is 27.2. The Morgan fingerprint density at radius 1 is 1.42 bits per heavy atom. The first-order valence-corrected chi connectivity index (χ1v) is 6.03. The standard InChI is InChI=1S/C14H16N2O3/c1-9(8-19-2)16-14(18)11-7-15-12-6-4-3-5-10(12)13(11)17/h3-7,9H,8H2,1-2H3,(H,15,17)(H,16,18)/t9-/m0/s1. The van der Waals surface area contributed by atoms with Crippen LogP contribution in [0, 0.1) is 0 Å². The molecule has 0 unspecified atom stereocenters. The average molecular weight is 260 g/mol. The number of amides is 1. The number of hydrogen-bond acceptors (Lipinski definition) is 3. The maximum absolute atomic E-state index is 12.2. The summed E-state index contributed by atoms with van der Waals surface area (Å²) in [6.45, 7) is 2.22. The molecule has 1 heterocycles. The van der Waals surface area contributed by atoms with E-state index in [0.29, 0.717) is 17.5 Å². The fourth-order valence-corrected chi connectivity index (χ4v) is 1.93. The molecule has 0 aliphatic carbocycles. The van der Waals surface area contributed by atoms with Gasteiger partial charge in [-0.2, -0.15) is 0 Å². The smallest absolute Gasteiger partial charge is 0.257 e. The van der Waals surface area contributed by atoms with E-state index in [9.17, 15) is 9.59 Å². The maximum atomic E-state index is 12.2. The molecule has 1 amide bonds. The van der Waals surface area contributed by atoms with E-state index in [2.05, 4.69) is 10.3 Å². The summed E-state index contributed by atoms with van der Waals surface area (Å²) in [5.41, 5.74) is 0.562. The van der Waals surface area contributed by atoms with E-state index in [4.69, 9.17) is 4.74 Å². The zero-order valence-corrected chi connectivity index (χ0v) is 10.9. The largest absolute Gasteiger partial charge is 0.383 e. The Kier molecular flexibility index (Phi) is 3.97. The Balaban J connectivity index is 2.33. The Bertz CT molecular complexity index is 648. The van der Waals surface area contributed by atoms with Crippen LogP contribution in [0.25, 0.3) is 10.9 Å². The number of rotatable bonds is 4. The highest BCUT2D eigenvalue weighted by atomic mass is 16.5. The average Bonchev–Trinajstić information content (AvgIpc) is 2.39. The van der Waals surface area contributed by atoms with Gasteiger partial charge in [-0.3, -0.25) is 9.59 Å². The number of ether oxygens (including phenoxy) is 1. The Morgan fingerprint density at radius 3 is 2.89 bits per heavy atom. The Hall–Kier alpha value is -2.14. The normalized spacial score (nSPS) is 12.3. The number of aromatic nitrogens is 1. The summed E-state index contributed by atoms with van der Waals surface area (Å²) < 4.78 is 4.94. The number of nitrogens with one attached hydrogen (secondary N) is 2. The van der Waals surface area contributed by atoms with Crippen molar-refractivity contribution >= 4 is 16.8 Å². The summed E-state index contributed by atoms with van der Waals surface area (Å²) in [6, 6.07) is 6.95. The number of benzene rings is 1. The molecule has 5 heteroatoms. The van der Waals surface area contributed by atoms with Crippen LogP contribution in [0.3, 0.4) is 0 Å². The van der Waals surface area contributed by atoms with Crippen molar-refractivity contribution in [3.8, 4) is 0 Å². The third-order valence-corrected chi connectivity index (χ3v) is 2.83. The van der Waals surface area contributed by atoms with Crippen molar-refractivity contribution in [2.45, 2.75) is 13.0 Å². The summed E-state index contributed by atoms with van der Waals surface area (Å²) in [5, 5.41) is 3.23. The molecule has 0 fully saturated rings. The van der Waals surface area contributed by atoms with Crippen molar-refractivity contribution in [3.63, 3.8) is 0 Å². The van der Waals surface area contributed by atoms with E-state index in [-0.39, 0.29) is 17.0 Å². The van der Waals surface area contributed by atoms with Crippen molar-refractivity contribution in [1.29, 1.82) is 0 Å². The zero-order valence-electron chi connectivity index (χ0n) is 10.9. The molecule has 5 nitrogen and oxygen atoms in total. The molecule has 2 rings (SSSR count). The molecule has 0 spiro atoms. The molecule has 100 valence electrons. The maximum Gasteiger partial charge on any atom is 0.257 e. The minimum Gasteiger partial charge on any atom is -0.383 e. The first-order valence-electron chi connectivity index (χ1n) is 6.03. The molecule has 0 aliphatic rings. The summed E-state index contributed by atoms with van der Waals surface area (Å²) >= 11 is 0. The molecule has 0 bridgehead atoms. The predicted octanol–water partition coefficient (Wildman–Crippen LogP) is 1.29. The van der Waals surface area contributed by atoms with Gasteiger partial charge in [0, 0.05) is 30.3 Å². The SMILES string of the molecule is COC[C@H](C)NC(=O)c1c[nH]c2ccccc2c1=O. The van der Waals surface area contributed by atoms with Crippen LogP contribution < -0.4 is 10.7 Å². The fraction of sp³-hybridized carbons (Fsp3) is 0.286. The van der Waals surface area contributed by atoms with Crippen LogP contribution in [-0.4, -0.2) is 30.6 Å². The Morgan fingerprint density at radius 2 is 2.16 bits per heavy atom. The highest BCUT2D eigenvalue weighted by Crippen LogP contribution is 2.07. The molecule has 2 aromatic rings. The number of pyridine rings is 1. The zero-order chi connectivity index (χ0) is 13.8. The number of methoxy groups -OCH3 is 1. The second-order valence-corrected chi connectivity index (χ2v) is 4.41. The van der Waals surface area contributed by atoms with Crippen LogP contribution in [0.15, 0.2) is 35.3 Å². The monoisotopic (exact) mass is 260 g/mol. The van der Waals surface area contributed by atoms with Crippen LogP contribution in [0.5, 0.6) is 0 Å². The van der Waals surface area contributed by atoms with Gasteiger partial charge in [-0.25, -0.2) is 0 Å². The molecule has 0 saturated heterocycles. The number of H-pyrrole nitrogens is 1. The molecule has 1 aromatic heterocycles. The van der Waals surface area contributed by atoms with Gasteiger partial charge in [-0.15, -0.1) is 0 Å². The Labute approximate surface area is 110 Å². The summed E-state index contributed by atoms with van der Waals surface area (Å²) in [5.74, 6) is -0.392. The topological polar surface area (TPSA) is 71.2 Å². The van der Waals surface area contributed by atoms with Gasteiger partial charge in [-0.1, -0.05) is 12.1 Å². The molecule has 0 aliphatic heterocycles. The third-order valence-electron chi connectivity index (χ3n) is 2.83. The van der Waals surface area contributed by atoms with Crippen molar-refractivity contribution in [1.82, 2.24) is 10.3 Å². The van der Waals surface area contributed by atoms with E-state index in [1.54, 1.807) is 25.3 Å². The van der Waals surface area contributed by atoms with E-state index >= 15 is 0 Å². The van der Waals surface area contributed by atoms with Crippen molar-refractivity contribution in [3.05, 3.63) is 46.2 Å². The van der Waals surface area contributed by atoms with E-state index in [1.807, 2.05) is 13.0 Å². The second kappa shape index (κ2) is 5.67. The molecule has 19 heavy (non-hydrogen) atoms. The first-order chi connectivity index (χ1) is 9.13. The van der Waals surface area contributed by atoms with Crippen LogP contribution in [-0.2, 0) is 4.74 Å². The number of aromatic amines is 1. The molecule has 0 saturated carbocycles. The number of carbonyl (C=O) groups excluding carboxylic acids is 1. The van der Waals surface area contributed by atoms with Gasteiger partial charge in [0.2, 0.25) is 5.43 Å². The number of para-hydroxylation sites is 1. The van der Waals surface area contributed by atoms with Gasteiger partial charge in [0.05, 0.1) is 6.61 Å². The third kappa shape index (κ3) is 2.82. The number of fused-ring (bicyclic) bond motifs is 1. The quantitative estimate of drug-likeness (QED) is 0.870. The second-order valence-electron chi connectivity index (χ2n) is 4.41. The minimum absolute atomic E-state index is 0.113. The number of carbonyl (C=O) groups is 1. The lowest BCUT2D eigenvalue weighted by Gasteiger charge is -2.12. The van der Waals surface area contributed by atoms with Gasteiger partial charge >= 0.3 is 0 Å². The van der Waals surface area contributed by atoms with Crippen molar-refractivity contribution < 1.29 is 9.53 Å². The van der Waals surface area contributed by atoms with E-state index in [0.717, 1.165) is 0 Å². The van der Waals surface area contributed by atoms with E-state index < -0.39 is 5.91 Å². The van der Waals surface area contributed by atoms with Crippen molar-refractivity contribution in [2.24, 2.45) is 0 Å². The van der Waals surface area contributed by atoms with Gasteiger partial charge in [0.15, 0.2) is 0 Å². The van der Waals surface area contributed by atoms with Crippen LogP contribution in [0.2, 0.25) is 0 Å². The summed E-state index contributed by atoms with van der Waals surface area (Å²) in [6.07, 6.45) is 1.44. The van der Waals surface area contributed by atoms with E-state index in [1.165, 1.54) is 6.20 Å². The van der Waals surface area contributed by atoms with Gasteiger partial charge in [0.1, 0.15) is 5.56 Å². The van der Waals surface area contributed by atoms with Gasteiger partial charge in [0.25, 0.3) is 5.91 Å². The lowest BCUT2D eigenvalue weighted by molar-refractivity contribution is 0.0904. The van der Waals surface area contributed by atoms with Gasteiger partial charge < -0.3 is 15.0 Å². The van der Waals surface area contributed by atoms with Crippen LogP contribution >= 0.6 is 0 Å². The van der Waals surface area contributed by atoms with Crippen LogP contribution in [0.4, 0.5) is 0 Å². The molecule has 1 atom stereocenters. The number of hydrogen-bond donors (Lipinski definition) is 2. The van der Waals surface area contributed by atoms with Gasteiger partial charge in [-0.05, 0) is 19.1 Å². The first kappa shape index (κ1) is 13.3.